The lowest BCUT2D eigenvalue weighted by atomic mass is 9.77. The van der Waals surface area contributed by atoms with Gasteiger partial charge in [-0.1, -0.05) is 50.6 Å². The zero-order chi connectivity index (χ0) is 22.4. The van der Waals surface area contributed by atoms with Gasteiger partial charge in [-0.25, -0.2) is 4.79 Å². The van der Waals surface area contributed by atoms with Crippen LogP contribution in [0, 0.1) is 5.92 Å². The van der Waals surface area contributed by atoms with Gasteiger partial charge in [0.1, 0.15) is 12.1 Å². The van der Waals surface area contributed by atoms with Crippen LogP contribution >= 0.6 is 0 Å². The van der Waals surface area contributed by atoms with Gasteiger partial charge in [0.05, 0.1) is 6.04 Å². The number of carbonyl (C=O) groups is 4. The van der Waals surface area contributed by atoms with Crippen molar-refractivity contribution in [3.63, 3.8) is 0 Å². The van der Waals surface area contributed by atoms with Crippen LogP contribution in [0.25, 0.3) is 0 Å². The Morgan fingerprint density at radius 3 is 2.55 bits per heavy atom. The summed E-state index contributed by atoms with van der Waals surface area (Å²) in [5.74, 6) is -1.07. The number of ether oxygens (including phenoxy) is 1. The van der Waals surface area contributed by atoms with Crippen molar-refractivity contribution in [2.24, 2.45) is 5.92 Å². The van der Waals surface area contributed by atoms with Crippen molar-refractivity contribution in [2.45, 2.75) is 64.0 Å². The lowest BCUT2D eigenvalue weighted by molar-refractivity contribution is -0.151. The van der Waals surface area contributed by atoms with Gasteiger partial charge in [0.25, 0.3) is 11.8 Å². The molecule has 2 fully saturated rings. The van der Waals surface area contributed by atoms with Crippen LogP contribution in [-0.4, -0.2) is 47.4 Å². The van der Waals surface area contributed by atoms with E-state index in [1.165, 1.54) is 0 Å². The molecule has 1 aromatic carbocycles. The third-order valence-corrected chi connectivity index (χ3v) is 6.14. The van der Waals surface area contributed by atoms with E-state index in [1.807, 2.05) is 37.3 Å². The molecule has 0 aromatic heterocycles. The van der Waals surface area contributed by atoms with E-state index >= 15 is 0 Å². The van der Waals surface area contributed by atoms with Crippen molar-refractivity contribution in [1.82, 2.24) is 15.5 Å². The van der Waals surface area contributed by atoms with E-state index in [0.29, 0.717) is 18.8 Å². The van der Waals surface area contributed by atoms with Crippen LogP contribution in [0.1, 0.15) is 64.0 Å². The molecule has 1 saturated carbocycles. The summed E-state index contributed by atoms with van der Waals surface area (Å²) >= 11 is 0. The molecule has 1 spiro atoms. The monoisotopic (exact) mass is 429 g/mol. The molecular weight excluding hydrogens is 398 g/mol. The number of rotatable bonds is 8. The molecule has 0 radical (unpaired) electrons. The molecule has 3 rings (SSSR count). The van der Waals surface area contributed by atoms with Gasteiger partial charge in [0, 0.05) is 0 Å². The minimum atomic E-state index is -0.899. The summed E-state index contributed by atoms with van der Waals surface area (Å²) in [6.45, 7) is 3.20. The number of hydrogen-bond acceptors (Lipinski definition) is 5. The number of nitrogens with zero attached hydrogens (tertiary/aromatic N) is 1. The molecule has 8 nitrogen and oxygen atoms in total. The van der Waals surface area contributed by atoms with Crippen molar-refractivity contribution < 1.29 is 23.9 Å². The number of esters is 1. The number of nitrogens with one attached hydrogen (secondary N) is 2. The Morgan fingerprint density at radius 1 is 1.23 bits per heavy atom. The second-order valence-electron chi connectivity index (χ2n) is 8.57. The summed E-state index contributed by atoms with van der Waals surface area (Å²) in [5, 5.41) is 5.64. The maximum atomic E-state index is 12.8. The minimum absolute atomic E-state index is 0.170. The fourth-order valence-electron chi connectivity index (χ4n) is 4.27. The molecule has 2 aliphatic rings. The molecule has 2 N–H and O–H groups in total. The second-order valence-corrected chi connectivity index (χ2v) is 8.57. The Bertz CT molecular complexity index is 818. The maximum Gasteiger partial charge on any atom is 0.326 e. The first kappa shape index (κ1) is 22.8. The van der Waals surface area contributed by atoms with Crippen LogP contribution < -0.4 is 10.6 Å². The molecule has 4 amide bonds. The quantitative estimate of drug-likeness (QED) is 0.488. The fourth-order valence-corrected chi connectivity index (χ4v) is 4.27. The first-order valence-corrected chi connectivity index (χ1v) is 11.0. The lowest BCUT2D eigenvalue weighted by Crippen LogP contribution is -2.49. The van der Waals surface area contributed by atoms with Crippen molar-refractivity contribution in [2.75, 3.05) is 13.2 Å². The van der Waals surface area contributed by atoms with Gasteiger partial charge in [-0.05, 0) is 43.6 Å². The highest BCUT2D eigenvalue weighted by atomic mass is 16.5. The number of imide groups is 1. The standard InChI is InChI=1S/C23H31N3O5/c1-3-7-18(17-8-5-4-6-9-17)24-19(27)15-31-20(28)14-26-21(29)23(25-22(26)30)12-10-16(2)11-13-23/h4-6,8-9,16,18H,3,7,10-15H2,1-2H3,(H,24,27)(H,25,30). The molecule has 1 saturated heterocycles. The Kier molecular flexibility index (Phi) is 7.30. The third kappa shape index (κ3) is 5.42. The average molecular weight is 430 g/mol. The smallest absolute Gasteiger partial charge is 0.326 e. The number of benzene rings is 1. The number of hydrogen-bond donors (Lipinski definition) is 2. The molecule has 1 aromatic rings. The summed E-state index contributed by atoms with van der Waals surface area (Å²) in [4.78, 5) is 50.5. The first-order chi connectivity index (χ1) is 14.8. The van der Waals surface area contributed by atoms with E-state index in [0.717, 1.165) is 36.1 Å². The van der Waals surface area contributed by atoms with Crippen molar-refractivity contribution in [1.29, 1.82) is 0 Å². The zero-order valence-corrected chi connectivity index (χ0v) is 18.2. The number of carbonyl (C=O) groups excluding carboxylic acids is 4. The lowest BCUT2D eigenvalue weighted by Gasteiger charge is -2.33. The van der Waals surface area contributed by atoms with Crippen LogP contribution in [0.15, 0.2) is 30.3 Å². The summed E-state index contributed by atoms with van der Waals surface area (Å²) in [5.41, 5.74) is 0.0834. The van der Waals surface area contributed by atoms with E-state index < -0.39 is 36.6 Å². The fraction of sp³-hybridized carbons (Fsp3) is 0.565. The molecule has 31 heavy (non-hydrogen) atoms. The van der Waals surface area contributed by atoms with Gasteiger partial charge in [-0.3, -0.25) is 19.3 Å². The molecule has 1 aliphatic carbocycles. The van der Waals surface area contributed by atoms with E-state index in [4.69, 9.17) is 4.74 Å². The van der Waals surface area contributed by atoms with Crippen LogP contribution in [0.5, 0.6) is 0 Å². The predicted molar refractivity (Wildman–Crippen MR) is 114 cm³/mol. The molecule has 0 bridgehead atoms. The van der Waals surface area contributed by atoms with Gasteiger partial charge in [0.15, 0.2) is 6.61 Å². The van der Waals surface area contributed by atoms with Gasteiger partial charge >= 0.3 is 12.0 Å². The largest absolute Gasteiger partial charge is 0.454 e. The van der Waals surface area contributed by atoms with Crippen LogP contribution in [0.2, 0.25) is 0 Å². The number of amides is 4. The van der Waals surface area contributed by atoms with E-state index in [-0.39, 0.29) is 11.9 Å². The van der Waals surface area contributed by atoms with Gasteiger partial charge in [0.2, 0.25) is 0 Å². The van der Waals surface area contributed by atoms with Crippen LogP contribution in [0.4, 0.5) is 4.79 Å². The summed E-state index contributed by atoms with van der Waals surface area (Å²) in [6, 6.07) is 8.84. The van der Waals surface area contributed by atoms with E-state index in [2.05, 4.69) is 17.6 Å². The molecular formula is C23H31N3O5. The Balaban J connectivity index is 1.50. The average Bonchev–Trinajstić information content (AvgIpc) is 2.99. The van der Waals surface area contributed by atoms with Gasteiger partial charge < -0.3 is 15.4 Å². The highest BCUT2D eigenvalue weighted by Crippen LogP contribution is 2.36. The molecule has 1 unspecified atom stereocenters. The summed E-state index contributed by atoms with van der Waals surface area (Å²) in [7, 11) is 0. The second kappa shape index (κ2) is 9.94. The molecule has 1 atom stereocenters. The highest BCUT2D eigenvalue weighted by molar-refractivity contribution is 6.08. The van der Waals surface area contributed by atoms with Crippen molar-refractivity contribution in [3.8, 4) is 0 Å². The third-order valence-electron chi connectivity index (χ3n) is 6.14. The maximum absolute atomic E-state index is 12.8. The Morgan fingerprint density at radius 2 is 1.90 bits per heavy atom. The van der Waals surface area contributed by atoms with Crippen LogP contribution in [0.3, 0.4) is 0 Å². The van der Waals surface area contributed by atoms with Crippen molar-refractivity contribution >= 4 is 23.8 Å². The predicted octanol–water partition coefficient (Wildman–Crippen LogP) is 2.69. The molecule has 168 valence electrons. The minimum Gasteiger partial charge on any atom is -0.454 e. The normalized spacial score (nSPS) is 24.1. The summed E-state index contributed by atoms with van der Waals surface area (Å²) in [6.07, 6.45) is 4.49. The topological polar surface area (TPSA) is 105 Å². The Labute approximate surface area is 182 Å². The highest BCUT2D eigenvalue weighted by Gasteiger charge is 2.52. The molecule has 1 aliphatic heterocycles. The SMILES string of the molecule is CCCC(NC(=O)COC(=O)CN1C(=O)NC2(CCC(C)CC2)C1=O)c1ccccc1. The number of urea groups is 1. The van der Waals surface area contributed by atoms with Gasteiger partial charge in [-0.2, -0.15) is 0 Å². The molecule has 8 heteroatoms. The van der Waals surface area contributed by atoms with Crippen LogP contribution in [-0.2, 0) is 19.1 Å². The van der Waals surface area contributed by atoms with E-state index in [9.17, 15) is 19.2 Å². The first-order valence-electron chi connectivity index (χ1n) is 11.0. The summed E-state index contributed by atoms with van der Waals surface area (Å²) < 4.78 is 5.05. The van der Waals surface area contributed by atoms with Gasteiger partial charge in [-0.15, -0.1) is 0 Å². The molecule has 1 heterocycles. The Hall–Kier alpha value is -2.90. The zero-order valence-electron chi connectivity index (χ0n) is 18.2. The van der Waals surface area contributed by atoms with Crippen molar-refractivity contribution in [3.05, 3.63) is 35.9 Å². The van der Waals surface area contributed by atoms with E-state index in [1.54, 1.807) is 0 Å².